The smallest absolute Gasteiger partial charge is 0.332 e. The number of methoxy groups -OCH3 is 1. The van der Waals surface area contributed by atoms with Crippen molar-refractivity contribution in [3.05, 3.63) is 54.1 Å². The Kier molecular flexibility index (Phi) is 5.50. The van der Waals surface area contributed by atoms with Crippen LogP contribution < -0.4 is 14.8 Å². The second-order valence-corrected chi connectivity index (χ2v) is 7.91. The molecule has 0 aliphatic heterocycles. The molecule has 11 heteroatoms. The van der Waals surface area contributed by atoms with Crippen molar-refractivity contribution in [1.29, 1.82) is 4.78 Å². The van der Waals surface area contributed by atoms with Crippen LogP contribution in [0.4, 0.5) is 14.9 Å². The third-order valence-electron chi connectivity index (χ3n) is 4.01. The summed E-state index contributed by atoms with van der Waals surface area (Å²) in [5.74, 6) is -0.166. The Morgan fingerprint density at radius 3 is 2.72 bits per heavy atom. The monoisotopic (exact) mass is 418 g/mol. The van der Waals surface area contributed by atoms with Gasteiger partial charge >= 0.3 is 6.03 Å². The van der Waals surface area contributed by atoms with Crippen LogP contribution in [0.15, 0.2) is 47.8 Å². The maximum atomic E-state index is 14.0. The Hall–Kier alpha value is -3.47. The molecule has 152 valence electrons. The Balaban J connectivity index is 1.93. The van der Waals surface area contributed by atoms with Gasteiger partial charge in [-0.25, -0.2) is 27.9 Å². The minimum atomic E-state index is -3.67. The van der Waals surface area contributed by atoms with E-state index in [1.165, 1.54) is 42.4 Å². The number of aromatic nitrogens is 3. The van der Waals surface area contributed by atoms with Crippen molar-refractivity contribution in [3.8, 4) is 17.0 Å². The molecule has 0 spiro atoms. The van der Waals surface area contributed by atoms with Crippen molar-refractivity contribution in [2.45, 2.75) is 11.9 Å². The molecule has 2 aromatic heterocycles. The number of carbonyl (C=O) groups excluding carboxylic acids is 1. The lowest BCUT2D eigenvalue weighted by Crippen LogP contribution is -2.34. The Bertz CT molecular complexity index is 1180. The molecule has 0 bridgehead atoms. The van der Waals surface area contributed by atoms with Gasteiger partial charge in [0.1, 0.15) is 5.82 Å². The molecule has 2 amide bonds. The molecule has 0 saturated heterocycles. The molecule has 9 nitrogen and oxygen atoms in total. The third kappa shape index (κ3) is 4.51. The summed E-state index contributed by atoms with van der Waals surface area (Å²) in [5, 5.41) is 6.38. The van der Waals surface area contributed by atoms with Gasteiger partial charge in [0.15, 0.2) is 14.9 Å². The molecular weight excluding hydrogens is 399 g/mol. The van der Waals surface area contributed by atoms with E-state index in [4.69, 9.17) is 9.52 Å². The topological polar surface area (TPSA) is 122 Å². The summed E-state index contributed by atoms with van der Waals surface area (Å²) in [6, 6.07) is 6.25. The fourth-order valence-electron chi connectivity index (χ4n) is 2.69. The van der Waals surface area contributed by atoms with Gasteiger partial charge in [-0.2, -0.15) is 5.10 Å². The van der Waals surface area contributed by atoms with E-state index in [0.717, 1.165) is 0 Å². The lowest BCUT2D eigenvalue weighted by molar-refractivity contribution is 0.256. The normalized spacial score (nSPS) is 12.8. The van der Waals surface area contributed by atoms with Crippen LogP contribution >= 0.6 is 0 Å². The van der Waals surface area contributed by atoms with Crippen molar-refractivity contribution in [3.63, 3.8) is 0 Å². The predicted molar refractivity (Wildman–Crippen MR) is 105 cm³/mol. The van der Waals surface area contributed by atoms with Crippen LogP contribution in [-0.4, -0.2) is 32.1 Å². The molecule has 1 aromatic carbocycles. The number of amides is 2. The Morgan fingerprint density at radius 2 is 2.07 bits per heavy atom. The van der Waals surface area contributed by atoms with E-state index in [1.54, 1.807) is 26.1 Å². The zero-order chi connectivity index (χ0) is 21.2. The van der Waals surface area contributed by atoms with E-state index < -0.39 is 21.8 Å². The van der Waals surface area contributed by atoms with Crippen molar-refractivity contribution < 1.29 is 18.1 Å². The van der Waals surface area contributed by atoms with Gasteiger partial charge < -0.3 is 10.1 Å². The van der Waals surface area contributed by atoms with Gasteiger partial charge in [-0.15, -0.1) is 0 Å². The van der Waals surface area contributed by atoms with Gasteiger partial charge in [0.25, 0.3) is 0 Å². The number of nitrogens with one attached hydrogen (secondary N) is 3. The molecule has 0 aliphatic rings. The highest BCUT2D eigenvalue weighted by Gasteiger charge is 2.19. The summed E-state index contributed by atoms with van der Waals surface area (Å²) in [7, 11) is -0.602. The van der Waals surface area contributed by atoms with E-state index in [-0.39, 0.29) is 5.03 Å². The summed E-state index contributed by atoms with van der Waals surface area (Å²) in [6.07, 6.45) is 3.01. The number of hydrogen-bond donors (Lipinski definition) is 3. The molecule has 3 rings (SSSR count). The lowest BCUT2D eigenvalue weighted by atomic mass is 10.0. The maximum Gasteiger partial charge on any atom is 0.332 e. The number of hydrogen-bond acceptors (Lipinski definition) is 6. The first-order chi connectivity index (χ1) is 13.7. The lowest BCUT2D eigenvalue weighted by Gasteiger charge is -2.16. The first-order valence-corrected chi connectivity index (χ1v) is 9.93. The number of nitrogens with zero attached hydrogens (tertiary/aromatic N) is 3. The largest absolute Gasteiger partial charge is 0.481 e. The Morgan fingerprint density at radius 1 is 1.31 bits per heavy atom. The van der Waals surface area contributed by atoms with Crippen LogP contribution in [0, 0.1) is 17.5 Å². The van der Waals surface area contributed by atoms with Gasteiger partial charge in [-0.1, -0.05) is 0 Å². The summed E-state index contributed by atoms with van der Waals surface area (Å²) in [4.78, 5) is 16.5. The number of carbonyl (C=O) groups is 1. The van der Waals surface area contributed by atoms with Crippen LogP contribution in [0.5, 0.6) is 5.88 Å². The van der Waals surface area contributed by atoms with Crippen molar-refractivity contribution in [1.82, 2.24) is 19.5 Å². The van der Waals surface area contributed by atoms with Crippen LogP contribution in [0.3, 0.4) is 0 Å². The molecule has 1 unspecified atom stereocenters. The maximum absolute atomic E-state index is 14.0. The fraction of sp³-hybridized carbons (Fsp3) is 0.167. The zero-order valence-electron chi connectivity index (χ0n) is 15.9. The Labute approximate surface area is 167 Å². The molecular formula is C18H19FN6O3S. The minimum absolute atomic E-state index is 0.0786. The number of urea groups is 1. The first kappa shape index (κ1) is 20.3. The first-order valence-electron chi connectivity index (χ1n) is 8.37. The number of benzene rings is 1. The molecule has 1 atom stereocenters. The summed E-state index contributed by atoms with van der Waals surface area (Å²) in [5.41, 5.74) is 1.69. The van der Waals surface area contributed by atoms with E-state index in [9.17, 15) is 13.4 Å². The van der Waals surface area contributed by atoms with Crippen LogP contribution in [0.2, 0.25) is 0 Å². The van der Waals surface area contributed by atoms with Gasteiger partial charge in [0.05, 0.1) is 12.8 Å². The SMILES string of the molecule is COc1cc(-c2cc(F)cc(C)c2NC(=O)NS(=N)(=O)c2ccn(C)n2)ccn1. The molecule has 3 aromatic rings. The second kappa shape index (κ2) is 7.87. The number of rotatable bonds is 5. The van der Waals surface area contributed by atoms with Crippen molar-refractivity contribution in [2.24, 2.45) is 7.05 Å². The fourth-order valence-corrected chi connectivity index (χ4v) is 3.61. The molecule has 0 radical (unpaired) electrons. The average Bonchev–Trinajstić information content (AvgIpc) is 3.11. The number of anilines is 1. The molecule has 0 fully saturated rings. The van der Waals surface area contributed by atoms with Crippen molar-refractivity contribution >= 4 is 21.6 Å². The summed E-state index contributed by atoms with van der Waals surface area (Å²) in [6.45, 7) is 1.62. The van der Waals surface area contributed by atoms with Crippen LogP contribution in [-0.2, 0) is 17.0 Å². The number of halogens is 1. The second-order valence-electron chi connectivity index (χ2n) is 6.17. The molecule has 0 aliphatic carbocycles. The highest BCUT2D eigenvalue weighted by Crippen LogP contribution is 2.33. The third-order valence-corrected chi connectivity index (χ3v) is 5.29. The number of pyridine rings is 1. The van der Waals surface area contributed by atoms with Crippen molar-refractivity contribution in [2.75, 3.05) is 12.4 Å². The number of ether oxygens (including phenoxy) is 1. The molecule has 0 saturated carbocycles. The zero-order valence-corrected chi connectivity index (χ0v) is 16.7. The molecule has 29 heavy (non-hydrogen) atoms. The van der Waals surface area contributed by atoms with Crippen LogP contribution in [0.1, 0.15) is 5.56 Å². The van der Waals surface area contributed by atoms with Gasteiger partial charge in [-0.3, -0.25) is 4.68 Å². The summed E-state index contributed by atoms with van der Waals surface area (Å²) >= 11 is 0. The van der Waals surface area contributed by atoms with Crippen LogP contribution in [0.25, 0.3) is 11.1 Å². The highest BCUT2D eigenvalue weighted by atomic mass is 32.2. The van der Waals surface area contributed by atoms with E-state index in [1.807, 2.05) is 0 Å². The number of aryl methyl sites for hydroxylation is 2. The van der Waals surface area contributed by atoms with E-state index >= 15 is 0 Å². The highest BCUT2D eigenvalue weighted by molar-refractivity contribution is 7.91. The average molecular weight is 418 g/mol. The van der Waals surface area contributed by atoms with Gasteiger partial charge in [-0.05, 0) is 42.3 Å². The van der Waals surface area contributed by atoms with Gasteiger partial charge in [0, 0.05) is 31.1 Å². The quantitative estimate of drug-likeness (QED) is 0.588. The minimum Gasteiger partial charge on any atom is -0.481 e. The standard InChI is InChI=1S/C18H19FN6O3S/c1-11-8-13(19)10-14(12-4-6-21-15(9-12)28-3)17(11)22-18(26)24-29(20,27)16-5-7-25(2)23-16/h4-10H,1-3H3,(H3,20,22,24,26,27). The van der Waals surface area contributed by atoms with Gasteiger partial charge in [0.2, 0.25) is 5.88 Å². The molecule has 3 N–H and O–H groups in total. The van der Waals surface area contributed by atoms with E-state index in [0.29, 0.717) is 28.3 Å². The van der Waals surface area contributed by atoms with E-state index in [2.05, 4.69) is 20.1 Å². The predicted octanol–water partition coefficient (Wildman–Crippen LogP) is 3.08. The summed E-state index contributed by atoms with van der Waals surface area (Å²) < 4.78 is 43.1. The molecule has 2 heterocycles.